The molecule has 0 aliphatic carbocycles. The first-order valence-electron chi connectivity index (χ1n) is 17.0. The van der Waals surface area contributed by atoms with E-state index >= 15 is 0 Å². The number of aromatic nitrogens is 1. The number of hydrogen-bond donors (Lipinski definition) is 2. The summed E-state index contributed by atoms with van der Waals surface area (Å²) < 4.78 is 2.24. The first-order chi connectivity index (χ1) is 25.4. The number of anilines is 3. The third-order valence-corrected chi connectivity index (χ3v) is 8.96. The zero-order chi connectivity index (χ0) is 37.0. The van der Waals surface area contributed by atoms with Crippen molar-refractivity contribution in [2.24, 2.45) is 4.99 Å². The smallest absolute Gasteiger partial charge is 0.0864 e. The summed E-state index contributed by atoms with van der Waals surface area (Å²) in [6, 6.07) is 40.2. The largest absolute Gasteiger partial charge is 0.363 e. The summed E-state index contributed by atoms with van der Waals surface area (Å²) in [6.45, 7) is 26.5. The molecule has 0 atom stereocenters. The van der Waals surface area contributed by atoms with Gasteiger partial charge in [-0.2, -0.15) is 0 Å². The second-order valence-corrected chi connectivity index (χ2v) is 12.2. The van der Waals surface area contributed by atoms with Crippen molar-refractivity contribution in [1.82, 2.24) is 4.57 Å². The Bertz CT molecular complexity index is 2360. The van der Waals surface area contributed by atoms with Crippen molar-refractivity contribution in [3.63, 3.8) is 0 Å². The zero-order valence-electron chi connectivity index (χ0n) is 29.9. The van der Waals surface area contributed by atoms with Crippen LogP contribution in [0.2, 0.25) is 0 Å². The number of nitrogens with zero attached hydrogens (tertiary/aromatic N) is 3. The topological polar surface area (TPSA) is 56.4 Å². The summed E-state index contributed by atoms with van der Waals surface area (Å²) >= 11 is 0. The van der Waals surface area contributed by atoms with Crippen LogP contribution in [0.1, 0.15) is 11.1 Å². The molecule has 0 unspecified atom stereocenters. The van der Waals surface area contributed by atoms with Crippen LogP contribution in [-0.2, 0) is 6.54 Å². The Balaban J connectivity index is 0.00000257. The number of hydrogen-bond acceptors (Lipinski definition) is 4. The van der Waals surface area contributed by atoms with E-state index in [0.717, 1.165) is 67.6 Å². The van der Waals surface area contributed by atoms with Gasteiger partial charge in [-0.15, -0.1) is 0 Å². The number of fused-ring (bicyclic) bond motifs is 1. The molecular formula is C47H45N5. The van der Waals surface area contributed by atoms with Crippen LogP contribution in [0.5, 0.6) is 0 Å². The minimum absolute atomic E-state index is 0.699. The Labute approximate surface area is 307 Å². The lowest BCUT2D eigenvalue weighted by Gasteiger charge is -2.26. The molecule has 5 nitrogen and oxygen atoms in total. The molecule has 0 spiro atoms. The van der Waals surface area contributed by atoms with Crippen molar-refractivity contribution in [1.29, 1.82) is 5.41 Å². The lowest BCUT2D eigenvalue weighted by molar-refractivity contribution is 0.852. The van der Waals surface area contributed by atoms with Gasteiger partial charge < -0.3 is 20.2 Å². The van der Waals surface area contributed by atoms with E-state index < -0.39 is 0 Å². The molecule has 0 aliphatic rings. The standard InChI is InChI=1S/C46H42N4.CH3N/c1-7-17-35(9-3)31-49(32-36-20-11-10-12-21-36)37-25-27-38(28-26-37)50-45(18-8-2)34(5)41-29-43(47-6)44(30-46(41)50)48-42-24-16-15-23-40(42)39-22-14-13-19-33(39)4;1-2/h7-30,48H,1-3,5-6,31-32H2,4H3;2H,1H2/b35-17+,45-18+;. The lowest BCUT2D eigenvalue weighted by atomic mass is 9.99. The molecule has 5 heteroatoms. The Morgan fingerprint density at radius 2 is 1.48 bits per heavy atom. The van der Waals surface area contributed by atoms with Crippen LogP contribution in [0, 0.1) is 12.3 Å². The molecule has 258 valence electrons. The molecule has 0 bridgehead atoms. The highest BCUT2D eigenvalue weighted by Gasteiger charge is 2.16. The molecule has 0 aliphatic heterocycles. The fourth-order valence-corrected chi connectivity index (χ4v) is 6.46. The van der Waals surface area contributed by atoms with E-state index in [1.807, 2.05) is 42.5 Å². The monoisotopic (exact) mass is 679 g/mol. The van der Waals surface area contributed by atoms with Crippen LogP contribution >= 0.6 is 0 Å². The van der Waals surface area contributed by atoms with Crippen molar-refractivity contribution >= 4 is 59.7 Å². The minimum Gasteiger partial charge on any atom is -0.363 e. The SMILES string of the molecule is C=C/C=C(\C=C)CN(Cc1ccccc1)c1ccc(-n2/c(=C/C=C)c(=C)c3cc(N=C)c(Nc4ccccc4-c4ccccc4C)cc32)cc1.C=N. The fourth-order valence-electron chi connectivity index (χ4n) is 6.46. The third kappa shape index (κ3) is 7.85. The number of allylic oxidation sites excluding steroid dienone is 3. The molecular weight excluding hydrogens is 635 g/mol. The lowest BCUT2D eigenvalue weighted by Crippen LogP contribution is -2.27. The van der Waals surface area contributed by atoms with Gasteiger partial charge in [-0.25, -0.2) is 0 Å². The molecule has 0 saturated carbocycles. The van der Waals surface area contributed by atoms with Crippen molar-refractivity contribution < 1.29 is 0 Å². The average Bonchev–Trinajstić information content (AvgIpc) is 3.45. The summed E-state index contributed by atoms with van der Waals surface area (Å²) in [5.74, 6) is 0. The van der Waals surface area contributed by atoms with Gasteiger partial charge in [0.1, 0.15) is 0 Å². The summed E-state index contributed by atoms with van der Waals surface area (Å²) in [5.41, 5.74) is 11.5. The number of aryl methyl sites for hydroxylation is 1. The normalized spacial score (nSPS) is 11.3. The van der Waals surface area contributed by atoms with E-state index in [4.69, 9.17) is 5.41 Å². The quantitative estimate of drug-likeness (QED) is 0.0943. The van der Waals surface area contributed by atoms with Crippen LogP contribution in [0.4, 0.5) is 22.7 Å². The van der Waals surface area contributed by atoms with E-state index in [1.54, 1.807) is 0 Å². The van der Waals surface area contributed by atoms with Crippen molar-refractivity contribution in [2.45, 2.75) is 13.5 Å². The Morgan fingerprint density at radius 3 is 2.13 bits per heavy atom. The van der Waals surface area contributed by atoms with E-state index in [-0.39, 0.29) is 0 Å². The second kappa shape index (κ2) is 17.3. The molecule has 2 N–H and O–H groups in total. The summed E-state index contributed by atoms with van der Waals surface area (Å²) in [6.07, 6.45) is 9.53. The van der Waals surface area contributed by atoms with E-state index in [2.05, 4.69) is 170 Å². The zero-order valence-corrected chi connectivity index (χ0v) is 29.9. The average molecular weight is 680 g/mol. The van der Waals surface area contributed by atoms with Gasteiger partial charge >= 0.3 is 0 Å². The molecule has 6 rings (SSSR count). The van der Waals surface area contributed by atoms with Gasteiger partial charge in [0, 0.05) is 46.3 Å². The second-order valence-electron chi connectivity index (χ2n) is 12.2. The van der Waals surface area contributed by atoms with Crippen LogP contribution in [0.15, 0.2) is 170 Å². The van der Waals surface area contributed by atoms with Crippen LogP contribution in [0.3, 0.4) is 0 Å². The predicted octanol–water partition coefficient (Wildman–Crippen LogP) is 10.6. The number of benzene rings is 5. The van der Waals surface area contributed by atoms with E-state index in [0.29, 0.717) is 6.54 Å². The van der Waals surface area contributed by atoms with Crippen LogP contribution < -0.4 is 20.8 Å². The van der Waals surface area contributed by atoms with Gasteiger partial charge in [-0.1, -0.05) is 123 Å². The van der Waals surface area contributed by atoms with Gasteiger partial charge in [0.05, 0.1) is 22.2 Å². The van der Waals surface area contributed by atoms with E-state index in [1.165, 1.54) is 16.7 Å². The Morgan fingerprint density at radius 1 is 0.808 bits per heavy atom. The highest BCUT2D eigenvalue weighted by molar-refractivity contribution is 5.95. The van der Waals surface area contributed by atoms with E-state index in [9.17, 15) is 0 Å². The Hall–Kier alpha value is -6.72. The molecule has 6 aromatic rings. The maximum Gasteiger partial charge on any atom is 0.0864 e. The van der Waals surface area contributed by atoms with Crippen molar-refractivity contribution in [2.75, 3.05) is 16.8 Å². The van der Waals surface area contributed by atoms with Gasteiger partial charge in [0.25, 0.3) is 0 Å². The van der Waals surface area contributed by atoms with Gasteiger partial charge in [-0.3, -0.25) is 4.99 Å². The molecule has 0 fully saturated rings. The molecule has 1 heterocycles. The Kier molecular flexibility index (Phi) is 12.1. The van der Waals surface area contributed by atoms with Gasteiger partial charge in [0.2, 0.25) is 0 Å². The van der Waals surface area contributed by atoms with Crippen molar-refractivity contribution in [3.8, 4) is 16.8 Å². The highest BCUT2D eigenvalue weighted by Crippen LogP contribution is 2.37. The molecule has 1 aromatic heterocycles. The molecule has 5 aromatic carbocycles. The van der Waals surface area contributed by atoms with Gasteiger partial charge in [-0.05, 0) is 91.2 Å². The number of rotatable bonds is 13. The summed E-state index contributed by atoms with van der Waals surface area (Å²) in [5, 5.41) is 12.1. The van der Waals surface area contributed by atoms with Crippen LogP contribution in [0.25, 0.3) is 40.4 Å². The predicted molar refractivity (Wildman–Crippen MR) is 228 cm³/mol. The minimum atomic E-state index is 0.699. The molecule has 0 amide bonds. The van der Waals surface area contributed by atoms with Gasteiger partial charge in [0.15, 0.2) is 0 Å². The van der Waals surface area contributed by atoms with Crippen LogP contribution in [-0.4, -0.2) is 24.5 Å². The summed E-state index contributed by atoms with van der Waals surface area (Å²) in [7, 11) is 0. The molecule has 0 radical (unpaired) electrons. The maximum absolute atomic E-state index is 5.50. The first kappa shape index (κ1) is 36.6. The number of aliphatic imine (C=N–C) groups is 1. The molecule has 0 saturated heterocycles. The number of nitrogens with one attached hydrogen (secondary N) is 2. The highest BCUT2D eigenvalue weighted by atomic mass is 15.1. The fraction of sp³-hybridized carbons (Fsp3) is 0.0638. The third-order valence-electron chi connectivity index (χ3n) is 8.96. The number of para-hydroxylation sites is 1. The molecule has 52 heavy (non-hydrogen) atoms. The maximum atomic E-state index is 5.50. The van der Waals surface area contributed by atoms with Crippen molar-refractivity contribution in [3.05, 3.63) is 187 Å². The summed E-state index contributed by atoms with van der Waals surface area (Å²) in [4.78, 5) is 6.79. The first-order valence-corrected chi connectivity index (χ1v) is 17.0.